The maximum atomic E-state index is 13.1. The van der Waals surface area contributed by atoms with Crippen LogP contribution < -0.4 is 10.6 Å². The Hall–Kier alpha value is -3.93. The zero-order chi connectivity index (χ0) is 23.9. The molecule has 0 aliphatic carbocycles. The van der Waals surface area contributed by atoms with Gasteiger partial charge in [-0.25, -0.2) is 0 Å². The van der Waals surface area contributed by atoms with Gasteiger partial charge >= 0.3 is 0 Å². The van der Waals surface area contributed by atoms with Crippen molar-refractivity contribution in [1.82, 2.24) is 4.90 Å². The number of nitrogens with zero attached hydrogens (tertiary/aromatic N) is 1. The molecule has 1 atom stereocenters. The van der Waals surface area contributed by atoms with Crippen LogP contribution in [0.4, 0.5) is 11.4 Å². The Balaban J connectivity index is 1.39. The van der Waals surface area contributed by atoms with Gasteiger partial charge in [-0.2, -0.15) is 0 Å². The van der Waals surface area contributed by atoms with Crippen LogP contribution in [-0.2, 0) is 16.0 Å². The molecule has 3 aromatic rings. The lowest BCUT2D eigenvalue weighted by molar-refractivity contribution is -0.133. The molecule has 1 aliphatic heterocycles. The van der Waals surface area contributed by atoms with Gasteiger partial charge in [0.25, 0.3) is 5.91 Å². The Morgan fingerprint density at radius 2 is 1.59 bits per heavy atom. The summed E-state index contributed by atoms with van der Waals surface area (Å²) in [6.07, 6.45) is 1.86. The molecule has 3 aromatic carbocycles. The molecule has 1 heterocycles. The standard InChI is InChI=1S/C28H29N3O3/c1-20-24(28(34)29-23-13-6-3-7-14-23)15-8-16-25(20)30-27(33)22-12-9-17-31(19-22)26(32)18-21-10-4-2-5-11-21/h2-8,10-11,13-16,22H,9,12,17-19H2,1H3,(H,29,34)(H,30,33). The topological polar surface area (TPSA) is 78.5 Å². The van der Waals surface area contributed by atoms with Crippen molar-refractivity contribution in [3.8, 4) is 0 Å². The van der Waals surface area contributed by atoms with E-state index in [1.54, 1.807) is 23.1 Å². The number of amides is 3. The number of carbonyl (C=O) groups is 3. The van der Waals surface area contributed by atoms with E-state index in [9.17, 15) is 14.4 Å². The number of nitrogens with one attached hydrogen (secondary N) is 2. The maximum absolute atomic E-state index is 13.1. The van der Waals surface area contributed by atoms with Gasteiger partial charge in [-0.3, -0.25) is 14.4 Å². The predicted octanol–water partition coefficient (Wildman–Crippen LogP) is 4.67. The summed E-state index contributed by atoms with van der Waals surface area (Å²) in [5, 5.41) is 5.88. The lowest BCUT2D eigenvalue weighted by Crippen LogP contribution is -2.44. The highest BCUT2D eigenvalue weighted by Gasteiger charge is 2.29. The van der Waals surface area contributed by atoms with Crippen LogP contribution in [-0.4, -0.2) is 35.7 Å². The summed E-state index contributed by atoms with van der Waals surface area (Å²) in [6, 6.07) is 24.2. The average Bonchev–Trinajstić information content (AvgIpc) is 2.86. The van der Waals surface area contributed by atoms with Gasteiger partial charge in [-0.15, -0.1) is 0 Å². The Labute approximate surface area is 200 Å². The number of piperidine rings is 1. The molecular formula is C28H29N3O3. The minimum absolute atomic E-state index is 0.0412. The molecule has 3 amide bonds. The minimum Gasteiger partial charge on any atom is -0.342 e. The summed E-state index contributed by atoms with van der Waals surface area (Å²) in [6.45, 7) is 2.90. The molecule has 0 spiro atoms. The number of likely N-dealkylation sites (tertiary alicyclic amines) is 1. The second-order valence-corrected chi connectivity index (χ2v) is 8.63. The quantitative estimate of drug-likeness (QED) is 0.567. The number of para-hydroxylation sites is 1. The van der Waals surface area contributed by atoms with E-state index in [1.807, 2.05) is 67.6 Å². The van der Waals surface area contributed by atoms with E-state index in [0.29, 0.717) is 42.0 Å². The average molecular weight is 456 g/mol. The van der Waals surface area contributed by atoms with Gasteiger partial charge in [-0.1, -0.05) is 54.6 Å². The highest BCUT2D eigenvalue weighted by Crippen LogP contribution is 2.24. The Morgan fingerprint density at radius 1 is 0.882 bits per heavy atom. The normalized spacial score (nSPS) is 15.4. The van der Waals surface area contributed by atoms with Crippen molar-refractivity contribution in [2.75, 3.05) is 23.7 Å². The summed E-state index contributed by atoms with van der Waals surface area (Å²) in [5.74, 6) is -0.592. The molecule has 0 saturated carbocycles. The van der Waals surface area contributed by atoms with Crippen LogP contribution in [0.5, 0.6) is 0 Å². The zero-order valence-electron chi connectivity index (χ0n) is 19.3. The third-order valence-corrected chi connectivity index (χ3v) is 6.21. The largest absolute Gasteiger partial charge is 0.342 e. The third-order valence-electron chi connectivity index (χ3n) is 6.21. The second kappa shape index (κ2) is 10.8. The lowest BCUT2D eigenvalue weighted by Gasteiger charge is -2.32. The summed E-state index contributed by atoms with van der Waals surface area (Å²) < 4.78 is 0. The van der Waals surface area contributed by atoms with Gasteiger partial charge in [0, 0.05) is 30.0 Å². The summed E-state index contributed by atoms with van der Waals surface area (Å²) in [4.78, 5) is 40.4. The monoisotopic (exact) mass is 455 g/mol. The number of benzene rings is 3. The highest BCUT2D eigenvalue weighted by atomic mass is 16.2. The molecule has 6 heteroatoms. The number of hydrogen-bond donors (Lipinski definition) is 2. The third kappa shape index (κ3) is 5.70. The van der Waals surface area contributed by atoms with Crippen LogP contribution in [0.2, 0.25) is 0 Å². The zero-order valence-corrected chi connectivity index (χ0v) is 19.3. The van der Waals surface area contributed by atoms with E-state index in [1.165, 1.54) is 0 Å². The van der Waals surface area contributed by atoms with E-state index in [-0.39, 0.29) is 23.6 Å². The Kier molecular flexibility index (Phi) is 7.38. The van der Waals surface area contributed by atoms with E-state index < -0.39 is 0 Å². The summed E-state index contributed by atoms with van der Waals surface area (Å²) in [5.41, 5.74) is 3.50. The molecule has 0 radical (unpaired) electrons. The fraction of sp³-hybridized carbons (Fsp3) is 0.250. The molecule has 0 aromatic heterocycles. The number of rotatable bonds is 6. The second-order valence-electron chi connectivity index (χ2n) is 8.63. The van der Waals surface area contributed by atoms with Crippen molar-refractivity contribution >= 4 is 29.1 Å². The minimum atomic E-state index is -0.283. The number of carbonyl (C=O) groups excluding carboxylic acids is 3. The first-order chi connectivity index (χ1) is 16.5. The first-order valence-electron chi connectivity index (χ1n) is 11.6. The fourth-order valence-electron chi connectivity index (χ4n) is 4.27. The molecule has 1 fully saturated rings. The van der Waals surface area contributed by atoms with Gasteiger partial charge in [-0.05, 0) is 55.2 Å². The summed E-state index contributed by atoms with van der Waals surface area (Å²) >= 11 is 0. The molecule has 1 saturated heterocycles. The number of hydrogen-bond acceptors (Lipinski definition) is 3. The van der Waals surface area contributed by atoms with Crippen LogP contribution in [0.15, 0.2) is 78.9 Å². The molecule has 0 bridgehead atoms. The molecule has 1 unspecified atom stereocenters. The predicted molar refractivity (Wildman–Crippen MR) is 134 cm³/mol. The van der Waals surface area contributed by atoms with E-state index in [2.05, 4.69) is 10.6 Å². The van der Waals surface area contributed by atoms with Crippen LogP contribution in [0.25, 0.3) is 0 Å². The van der Waals surface area contributed by atoms with Gasteiger partial charge in [0.1, 0.15) is 0 Å². The van der Waals surface area contributed by atoms with Crippen LogP contribution in [0.1, 0.15) is 34.3 Å². The van der Waals surface area contributed by atoms with Gasteiger partial charge in [0.2, 0.25) is 11.8 Å². The smallest absolute Gasteiger partial charge is 0.256 e. The first kappa shape index (κ1) is 23.2. The van der Waals surface area contributed by atoms with Crippen molar-refractivity contribution < 1.29 is 14.4 Å². The Bertz CT molecular complexity index is 1160. The van der Waals surface area contributed by atoms with Crippen molar-refractivity contribution in [3.63, 3.8) is 0 Å². The lowest BCUT2D eigenvalue weighted by atomic mass is 9.96. The van der Waals surface area contributed by atoms with Crippen molar-refractivity contribution in [2.45, 2.75) is 26.2 Å². The fourth-order valence-corrected chi connectivity index (χ4v) is 4.27. The molecule has 1 aliphatic rings. The van der Waals surface area contributed by atoms with Crippen LogP contribution in [0.3, 0.4) is 0 Å². The Morgan fingerprint density at radius 3 is 2.32 bits per heavy atom. The van der Waals surface area contributed by atoms with Gasteiger partial charge in [0.05, 0.1) is 12.3 Å². The molecule has 34 heavy (non-hydrogen) atoms. The highest BCUT2D eigenvalue weighted by molar-refractivity contribution is 6.07. The van der Waals surface area contributed by atoms with Crippen LogP contribution in [0, 0.1) is 12.8 Å². The summed E-state index contributed by atoms with van der Waals surface area (Å²) in [7, 11) is 0. The molecule has 4 rings (SSSR count). The maximum Gasteiger partial charge on any atom is 0.256 e. The van der Waals surface area contributed by atoms with E-state index >= 15 is 0 Å². The van der Waals surface area contributed by atoms with E-state index in [0.717, 1.165) is 18.4 Å². The van der Waals surface area contributed by atoms with Crippen molar-refractivity contribution in [1.29, 1.82) is 0 Å². The SMILES string of the molecule is Cc1c(NC(=O)C2CCCN(C(=O)Cc3ccccc3)C2)cccc1C(=O)Nc1ccccc1. The van der Waals surface area contributed by atoms with Gasteiger partial charge in [0.15, 0.2) is 0 Å². The molecule has 6 nitrogen and oxygen atoms in total. The molecule has 2 N–H and O–H groups in total. The number of anilines is 2. The van der Waals surface area contributed by atoms with Crippen molar-refractivity contribution in [2.24, 2.45) is 5.92 Å². The molecular weight excluding hydrogens is 426 g/mol. The van der Waals surface area contributed by atoms with Crippen molar-refractivity contribution in [3.05, 3.63) is 95.6 Å². The first-order valence-corrected chi connectivity index (χ1v) is 11.6. The van der Waals surface area contributed by atoms with Crippen LogP contribution >= 0.6 is 0 Å². The van der Waals surface area contributed by atoms with E-state index in [4.69, 9.17) is 0 Å². The molecule has 174 valence electrons. The van der Waals surface area contributed by atoms with Gasteiger partial charge < -0.3 is 15.5 Å².